The summed E-state index contributed by atoms with van der Waals surface area (Å²) in [6.45, 7) is 0.462. The van der Waals surface area contributed by atoms with Crippen LogP contribution in [0, 0.1) is 22.7 Å². The predicted octanol–water partition coefficient (Wildman–Crippen LogP) is 0.275. The van der Waals surface area contributed by atoms with Crippen molar-refractivity contribution in [2.75, 3.05) is 13.1 Å². The number of carboxylic acid groups (broad SMARTS) is 1. The summed E-state index contributed by atoms with van der Waals surface area (Å²) in [6.07, 6.45) is -0.721. The molecule has 1 aliphatic rings. The first-order valence-corrected chi connectivity index (χ1v) is 6.01. The smallest absolute Gasteiger partial charge is 0.332 e. The number of rotatable bonds is 6. The monoisotopic (exact) mass is 265 g/mol. The Morgan fingerprint density at radius 1 is 1.16 bits per heavy atom. The van der Waals surface area contributed by atoms with Crippen LogP contribution in [0.3, 0.4) is 0 Å². The molecule has 1 heterocycles. The fraction of sp³-hybridized carbons (Fsp3) is 0.667. The molecule has 7 heteroatoms. The molecule has 0 spiro atoms. The van der Waals surface area contributed by atoms with Gasteiger partial charge in [0.1, 0.15) is 6.10 Å². The van der Waals surface area contributed by atoms with Gasteiger partial charge in [-0.3, -0.25) is 4.79 Å². The van der Waals surface area contributed by atoms with Gasteiger partial charge < -0.3 is 14.7 Å². The molecule has 0 bridgehead atoms. The molecular formula is C12H15N3O4. The molecule has 2 unspecified atom stereocenters. The number of ether oxygens (including phenoxy) is 1. The molecule has 1 aliphatic heterocycles. The fourth-order valence-corrected chi connectivity index (χ4v) is 1.91. The van der Waals surface area contributed by atoms with Crippen LogP contribution in [-0.2, 0) is 14.3 Å². The standard InChI is InChI=1S/C12H15N3O4/c13-5-1-7-15(8-2-6-14)11(16)9-3-4-10(19-9)12(17)18/h9-10H,1-4,7-8H2,(H,17,18). The molecule has 1 amide bonds. The third-order valence-corrected chi connectivity index (χ3v) is 2.87. The van der Waals surface area contributed by atoms with Crippen LogP contribution in [0.25, 0.3) is 0 Å². The van der Waals surface area contributed by atoms with E-state index in [-0.39, 0.29) is 31.8 Å². The van der Waals surface area contributed by atoms with Gasteiger partial charge in [-0.05, 0) is 12.8 Å². The lowest BCUT2D eigenvalue weighted by molar-refractivity contribution is -0.154. The summed E-state index contributed by atoms with van der Waals surface area (Å²) < 4.78 is 5.17. The minimum atomic E-state index is -1.07. The van der Waals surface area contributed by atoms with Gasteiger partial charge in [0.2, 0.25) is 0 Å². The SMILES string of the molecule is N#CCCN(CCC#N)C(=O)C1CCC(C(=O)O)O1. The van der Waals surface area contributed by atoms with Crippen LogP contribution in [0.15, 0.2) is 0 Å². The van der Waals surface area contributed by atoms with Gasteiger partial charge in [-0.2, -0.15) is 10.5 Å². The molecule has 0 aromatic rings. The van der Waals surface area contributed by atoms with E-state index in [2.05, 4.69) is 0 Å². The third kappa shape index (κ3) is 4.23. The third-order valence-electron chi connectivity index (χ3n) is 2.87. The second kappa shape index (κ2) is 7.34. The highest BCUT2D eigenvalue weighted by Gasteiger charge is 2.36. The number of carbonyl (C=O) groups is 2. The minimum absolute atomic E-state index is 0.173. The summed E-state index contributed by atoms with van der Waals surface area (Å²) in [5.41, 5.74) is 0. The van der Waals surface area contributed by atoms with Crippen molar-refractivity contribution >= 4 is 11.9 Å². The zero-order valence-electron chi connectivity index (χ0n) is 10.4. The van der Waals surface area contributed by atoms with E-state index in [1.807, 2.05) is 12.1 Å². The zero-order chi connectivity index (χ0) is 14.3. The highest BCUT2D eigenvalue weighted by atomic mass is 16.5. The van der Waals surface area contributed by atoms with E-state index in [0.29, 0.717) is 12.8 Å². The topological polar surface area (TPSA) is 114 Å². The maximum absolute atomic E-state index is 12.1. The number of carboxylic acids is 1. The van der Waals surface area contributed by atoms with Crippen molar-refractivity contribution < 1.29 is 19.4 Å². The van der Waals surface area contributed by atoms with E-state index in [1.165, 1.54) is 4.90 Å². The lowest BCUT2D eigenvalue weighted by Gasteiger charge is -2.23. The van der Waals surface area contributed by atoms with Crippen molar-refractivity contribution in [3.8, 4) is 12.1 Å². The summed E-state index contributed by atoms with van der Waals surface area (Å²) >= 11 is 0. The molecule has 0 saturated carbocycles. The zero-order valence-corrected chi connectivity index (χ0v) is 10.4. The van der Waals surface area contributed by atoms with E-state index >= 15 is 0 Å². The molecule has 2 atom stereocenters. The molecule has 7 nitrogen and oxygen atoms in total. The fourth-order valence-electron chi connectivity index (χ4n) is 1.91. The summed E-state index contributed by atoms with van der Waals surface area (Å²) in [6, 6.07) is 3.87. The largest absolute Gasteiger partial charge is 0.479 e. The Bertz CT molecular complexity index is 406. The highest BCUT2D eigenvalue weighted by Crippen LogP contribution is 2.21. The van der Waals surface area contributed by atoms with Crippen molar-refractivity contribution in [3.63, 3.8) is 0 Å². The lowest BCUT2D eigenvalue weighted by atomic mass is 10.1. The van der Waals surface area contributed by atoms with Gasteiger partial charge in [0.15, 0.2) is 6.10 Å². The minimum Gasteiger partial charge on any atom is -0.479 e. The molecule has 19 heavy (non-hydrogen) atoms. The quantitative estimate of drug-likeness (QED) is 0.737. The second-order valence-electron chi connectivity index (χ2n) is 4.17. The van der Waals surface area contributed by atoms with Crippen LogP contribution in [0.5, 0.6) is 0 Å². The highest BCUT2D eigenvalue weighted by molar-refractivity contribution is 5.82. The van der Waals surface area contributed by atoms with Crippen molar-refractivity contribution in [3.05, 3.63) is 0 Å². The molecule has 102 valence electrons. The molecule has 0 radical (unpaired) electrons. The molecule has 1 rings (SSSR count). The molecule has 0 aromatic carbocycles. The first-order valence-electron chi connectivity index (χ1n) is 6.01. The Kier molecular flexibility index (Phi) is 5.77. The van der Waals surface area contributed by atoms with Gasteiger partial charge >= 0.3 is 5.97 Å². The average molecular weight is 265 g/mol. The van der Waals surface area contributed by atoms with E-state index in [4.69, 9.17) is 20.4 Å². The summed E-state index contributed by atoms with van der Waals surface area (Å²) in [5, 5.41) is 25.9. The van der Waals surface area contributed by atoms with Crippen molar-refractivity contribution in [1.82, 2.24) is 4.90 Å². The van der Waals surface area contributed by atoms with Gasteiger partial charge in [0, 0.05) is 13.1 Å². The Morgan fingerprint density at radius 3 is 2.11 bits per heavy atom. The van der Waals surface area contributed by atoms with E-state index in [1.54, 1.807) is 0 Å². The number of hydrogen-bond acceptors (Lipinski definition) is 5. The Morgan fingerprint density at radius 2 is 1.68 bits per heavy atom. The van der Waals surface area contributed by atoms with Gasteiger partial charge in [-0.1, -0.05) is 0 Å². The average Bonchev–Trinajstić information content (AvgIpc) is 2.88. The van der Waals surface area contributed by atoms with Gasteiger partial charge in [0.25, 0.3) is 5.91 Å². The molecular weight excluding hydrogens is 250 g/mol. The van der Waals surface area contributed by atoms with E-state index < -0.39 is 18.2 Å². The number of aliphatic carboxylic acids is 1. The van der Waals surface area contributed by atoms with E-state index in [0.717, 1.165) is 0 Å². The van der Waals surface area contributed by atoms with E-state index in [9.17, 15) is 9.59 Å². The lowest BCUT2D eigenvalue weighted by Crippen LogP contribution is -2.40. The summed E-state index contributed by atoms with van der Waals surface area (Å²) in [7, 11) is 0. The number of nitriles is 2. The number of carbonyl (C=O) groups excluding carboxylic acids is 1. The van der Waals surface area contributed by atoms with Crippen molar-refractivity contribution in [2.24, 2.45) is 0 Å². The Hall–Kier alpha value is -2.12. The number of nitrogens with zero attached hydrogens (tertiary/aromatic N) is 3. The van der Waals surface area contributed by atoms with Crippen LogP contribution in [-0.4, -0.2) is 47.2 Å². The summed E-state index contributed by atoms with van der Waals surface area (Å²) in [4.78, 5) is 24.3. The predicted molar refractivity (Wildman–Crippen MR) is 62.6 cm³/mol. The van der Waals surface area contributed by atoms with Crippen molar-refractivity contribution in [1.29, 1.82) is 10.5 Å². The van der Waals surface area contributed by atoms with Crippen LogP contribution in [0.1, 0.15) is 25.7 Å². The van der Waals surface area contributed by atoms with Gasteiger partial charge in [-0.15, -0.1) is 0 Å². The number of hydrogen-bond donors (Lipinski definition) is 1. The normalized spacial score (nSPS) is 21.4. The molecule has 1 fully saturated rings. The van der Waals surface area contributed by atoms with Crippen LogP contribution < -0.4 is 0 Å². The maximum Gasteiger partial charge on any atom is 0.332 e. The van der Waals surface area contributed by atoms with Crippen LogP contribution in [0.2, 0.25) is 0 Å². The molecule has 1 saturated heterocycles. The maximum atomic E-state index is 12.1. The van der Waals surface area contributed by atoms with Crippen molar-refractivity contribution in [2.45, 2.75) is 37.9 Å². The second-order valence-corrected chi connectivity index (χ2v) is 4.17. The first kappa shape index (κ1) is 14.9. The molecule has 0 aliphatic carbocycles. The molecule has 1 N–H and O–H groups in total. The van der Waals surface area contributed by atoms with Crippen LogP contribution in [0.4, 0.5) is 0 Å². The van der Waals surface area contributed by atoms with Gasteiger partial charge in [0.05, 0.1) is 25.0 Å². The Balaban J connectivity index is 2.59. The number of amides is 1. The Labute approximate surface area is 111 Å². The van der Waals surface area contributed by atoms with Crippen LogP contribution >= 0.6 is 0 Å². The molecule has 0 aromatic heterocycles. The first-order chi connectivity index (χ1) is 9.10. The summed E-state index contributed by atoms with van der Waals surface area (Å²) in [5.74, 6) is -1.41. The van der Waals surface area contributed by atoms with Gasteiger partial charge in [-0.25, -0.2) is 4.79 Å².